The molecular formula is C12H17N3O4. The van der Waals surface area contributed by atoms with Gasteiger partial charge in [-0.3, -0.25) is 9.59 Å². The Labute approximate surface area is 111 Å². The average molecular weight is 267 g/mol. The van der Waals surface area contributed by atoms with Gasteiger partial charge in [-0.2, -0.15) is 0 Å². The Morgan fingerprint density at radius 1 is 1.47 bits per heavy atom. The van der Waals surface area contributed by atoms with Crippen LogP contribution in [0.4, 0.5) is 0 Å². The van der Waals surface area contributed by atoms with Gasteiger partial charge in [0.05, 0.1) is 19.4 Å². The van der Waals surface area contributed by atoms with Gasteiger partial charge in [0.2, 0.25) is 11.8 Å². The topological polar surface area (TPSA) is 101 Å². The van der Waals surface area contributed by atoms with Gasteiger partial charge in [0, 0.05) is 17.8 Å². The highest BCUT2D eigenvalue weighted by Gasteiger charge is 2.10. The van der Waals surface area contributed by atoms with Crippen LogP contribution >= 0.6 is 0 Å². The van der Waals surface area contributed by atoms with Gasteiger partial charge in [0.25, 0.3) is 0 Å². The van der Waals surface area contributed by atoms with Gasteiger partial charge in [-0.1, -0.05) is 0 Å². The van der Waals surface area contributed by atoms with Gasteiger partial charge in [-0.25, -0.2) is 9.97 Å². The van der Waals surface area contributed by atoms with Crippen molar-refractivity contribution < 1.29 is 19.4 Å². The van der Waals surface area contributed by atoms with E-state index in [0.717, 1.165) is 5.69 Å². The Morgan fingerprint density at radius 3 is 2.84 bits per heavy atom. The van der Waals surface area contributed by atoms with Crippen molar-refractivity contribution >= 4 is 11.9 Å². The second-order valence-electron chi connectivity index (χ2n) is 4.16. The largest absolute Gasteiger partial charge is 0.481 e. The number of hydrogen-bond donors (Lipinski definition) is 2. The molecule has 7 nitrogen and oxygen atoms in total. The van der Waals surface area contributed by atoms with Crippen LogP contribution in [-0.2, 0) is 9.59 Å². The molecular weight excluding hydrogens is 250 g/mol. The first-order valence-electron chi connectivity index (χ1n) is 5.90. The Morgan fingerprint density at radius 2 is 2.21 bits per heavy atom. The molecule has 0 aromatic carbocycles. The molecule has 0 bridgehead atoms. The van der Waals surface area contributed by atoms with Crippen LogP contribution in [0.25, 0.3) is 0 Å². The number of amides is 1. The van der Waals surface area contributed by atoms with E-state index in [1.807, 2.05) is 6.92 Å². The lowest BCUT2D eigenvalue weighted by Gasteiger charge is -2.11. The molecule has 7 heteroatoms. The van der Waals surface area contributed by atoms with E-state index in [2.05, 4.69) is 15.3 Å². The van der Waals surface area contributed by atoms with Crippen molar-refractivity contribution in [1.29, 1.82) is 0 Å². The van der Waals surface area contributed by atoms with Crippen molar-refractivity contribution in [1.82, 2.24) is 15.3 Å². The molecule has 0 aliphatic carbocycles. The third-order valence-electron chi connectivity index (χ3n) is 2.25. The quantitative estimate of drug-likeness (QED) is 0.747. The molecule has 0 saturated carbocycles. The minimum absolute atomic E-state index is 0.0995. The molecule has 1 amide bonds. The minimum Gasteiger partial charge on any atom is -0.481 e. The van der Waals surface area contributed by atoms with Gasteiger partial charge < -0.3 is 15.2 Å². The molecule has 19 heavy (non-hydrogen) atoms. The molecule has 0 spiro atoms. The fourth-order valence-electron chi connectivity index (χ4n) is 1.42. The van der Waals surface area contributed by atoms with Crippen molar-refractivity contribution in [2.75, 3.05) is 6.61 Å². The van der Waals surface area contributed by atoms with E-state index in [0.29, 0.717) is 5.88 Å². The molecule has 1 aromatic heterocycles. The summed E-state index contributed by atoms with van der Waals surface area (Å²) in [7, 11) is 0. The van der Waals surface area contributed by atoms with Gasteiger partial charge in [-0.05, 0) is 13.8 Å². The number of carbonyl (C=O) groups is 2. The molecule has 0 radical (unpaired) electrons. The average Bonchev–Trinajstić information content (AvgIpc) is 2.27. The molecule has 0 saturated heterocycles. The highest BCUT2D eigenvalue weighted by molar-refractivity contribution is 5.77. The second kappa shape index (κ2) is 7.30. The van der Waals surface area contributed by atoms with Gasteiger partial charge in [0.1, 0.15) is 6.33 Å². The van der Waals surface area contributed by atoms with Crippen LogP contribution in [0.2, 0.25) is 0 Å². The summed E-state index contributed by atoms with van der Waals surface area (Å²) in [4.78, 5) is 29.7. The lowest BCUT2D eigenvalue weighted by atomic mass is 10.2. The summed E-state index contributed by atoms with van der Waals surface area (Å²) < 4.78 is 5.29. The zero-order valence-corrected chi connectivity index (χ0v) is 10.9. The predicted molar refractivity (Wildman–Crippen MR) is 66.7 cm³/mol. The number of hydrogen-bond acceptors (Lipinski definition) is 5. The maximum atomic E-state index is 11.5. The van der Waals surface area contributed by atoms with E-state index >= 15 is 0 Å². The smallest absolute Gasteiger partial charge is 0.305 e. The lowest BCUT2D eigenvalue weighted by Crippen LogP contribution is -2.34. The van der Waals surface area contributed by atoms with Crippen LogP contribution in [0.1, 0.15) is 25.5 Å². The Bertz CT molecular complexity index is 450. The van der Waals surface area contributed by atoms with Gasteiger partial charge in [0.15, 0.2) is 0 Å². The van der Waals surface area contributed by atoms with Crippen LogP contribution < -0.4 is 10.1 Å². The van der Waals surface area contributed by atoms with E-state index in [9.17, 15) is 9.59 Å². The Kier molecular flexibility index (Phi) is 5.72. The summed E-state index contributed by atoms with van der Waals surface area (Å²) >= 11 is 0. The summed E-state index contributed by atoms with van der Waals surface area (Å²) in [5, 5.41) is 11.1. The van der Waals surface area contributed by atoms with E-state index < -0.39 is 12.0 Å². The second-order valence-corrected chi connectivity index (χ2v) is 4.16. The number of carboxylic acids is 1. The van der Waals surface area contributed by atoms with Gasteiger partial charge in [-0.15, -0.1) is 0 Å². The maximum Gasteiger partial charge on any atom is 0.305 e. The Hall–Kier alpha value is -2.18. The van der Waals surface area contributed by atoms with Crippen molar-refractivity contribution in [2.45, 2.75) is 32.7 Å². The molecule has 0 aliphatic rings. The van der Waals surface area contributed by atoms with Gasteiger partial charge >= 0.3 is 5.97 Å². The van der Waals surface area contributed by atoms with Crippen molar-refractivity contribution in [3.8, 4) is 5.88 Å². The molecule has 104 valence electrons. The predicted octanol–water partition coefficient (Wildman–Crippen LogP) is 0.533. The van der Waals surface area contributed by atoms with Crippen LogP contribution in [0.15, 0.2) is 12.4 Å². The fraction of sp³-hybridized carbons (Fsp3) is 0.500. The molecule has 0 aliphatic heterocycles. The number of aliphatic carboxylic acids is 1. The Balaban J connectivity index is 2.25. The SMILES string of the molecule is Cc1cc(OCCC(=O)NC(C)CC(=O)O)ncn1. The molecule has 0 fully saturated rings. The summed E-state index contributed by atoms with van der Waals surface area (Å²) in [5.74, 6) is -0.779. The summed E-state index contributed by atoms with van der Waals surface area (Å²) in [6.07, 6.45) is 1.43. The molecule has 1 unspecified atom stereocenters. The highest BCUT2D eigenvalue weighted by atomic mass is 16.5. The fourth-order valence-corrected chi connectivity index (χ4v) is 1.42. The number of aromatic nitrogens is 2. The van der Waals surface area contributed by atoms with E-state index in [4.69, 9.17) is 9.84 Å². The molecule has 1 rings (SSSR count). The van der Waals surface area contributed by atoms with Crippen LogP contribution in [-0.4, -0.2) is 39.6 Å². The van der Waals surface area contributed by atoms with Crippen molar-refractivity contribution in [3.05, 3.63) is 18.1 Å². The summed E-state index contributed by atoms with van der Waals surface area (Å²) in [5.41, 5.74) is 0.782. The number of carbonyl (C=O) groups excluding carboxylic acids is 1. The third kappa shape index (κ3) is 6.35. The normalized spacial score (nSPS) is 11.7. The lowest BCUT2D eigenvalue weighted by molar-refractivity contribution is -0.137. The summed E-state index contributed by atoms with van der Waals surface area (Å²) in [6.45, 7) is 3.64. The molecule has 2 N–H and O–H groups in total. The third-order valence-corrected chi connectivity index (χ3v) is 2.25. The van der Waals surface area contributed by atoms with Crippen LogP contribution in [0, 0.1) is 6.92 Å². The first-order valence-corrected chi connectivity index (χ1v) is 5.90. The first kappa shape index (κ1) is 14.9. The van der Waals surface area contributed by atoms with Crippen LogP contribution in [0.3, 0.4) is 0 Å². The molecule has 1 aromatic rings. The zero-order valence-electron chi connectivity index (χ0n) is 10.9. The summed E-state index contributed by atoms with van der Waals surface area (Å²) in [6, 6.07) is 1.27. The number of nitrogens with one attached hydrogen (secondary N) is 1. The number of aryl methyl sites for hydroxylation is 1. The molecule has 1 heterocycles. The maximum absolute atomic E-state index is 11.5. The van der Waals surface area contributed by atoms with E-state index in [-0.39, 0.29) is 25.4 Å². The molecule has 1 atom stereocenters. The van der Waals surface area contributed by atoms with E-state index in [1.165, 1.54) is 6.33 Å². The number of carboxylic acid groups (broad SMARTS) is 1. The number of ether oxygens (including phenoxy) is 1. The van der Waals surface area contributed by atoms with Crippen molar-refractivity contribution in [2.24, 2.45) is 0 Å². The highest BCUT2D eigenvalue weighted by Crippen LogP contribution is 2.05. The van der Waals surface area contributed by atoms with E-state index in [1.54, 1.807) is 13.0 Å². The number of rotatable bonds is 7. The minimum atomic E-state index is -0.944. The standard InChI is InChI=1S/C12H17N3O4/c1-8-5-11(14-7-13-8)19-4-3-10(16)15-9(2)6-12(17)18/h5,7,9H,3-4,6H2,1-2H3,(H,15,16)(H,17,18). The van der Waals surface area contributed by atoms with Crippen LogP contribution in [0.5, 0.6) is 5.88 Å². The zero-order chi connectivity index (χ0) is 14.3. The monoisotopic (exact) mass is 267 g/mol. The number of nitrogens with zero attached hydrogens (tertiary/aromatic N) is 2. The first-order chi connectivity index (χ1) is 8.97. The van der Waals surface area contributed by atoms with Crippen molar-refractivity contribution in [3.63, 3.8) is 0 Å².